The Morgan fingerprint density at radius 3 is 2.60 bits per heavy atom. The molecular formula is C19H13ClN4O4S2. The van der Waals surface area contributed by atoms with Crippen LogP contribution in [0.5, 0.6) is 0 Å². The van der Waals surface area contributed by atoms with Crippen molar-refractivity contribution in [3.05, 3.63) is 71.4 Å². The normalized spacial score (nSPS) is 11.4. The molecule has 2 aromatic heterocycles. The third kappa shape index (κ3) is 4.20. The van der Waals surface area contributed by atoms with Crippen molar-refractivity contribution >= 4 is 65.8 Å². The highest BCUT2D eigenvalue weighted by atomic mass is 35.5. The van der Waals surface area contributed by atoms with Crippen molar-refractivity contribution in [2.45, 2.75) is 4.90 Å². The van der Waals surface area contributed by atoms with Crippen molar-refractivity contribution in [1.82, 2.24) is 9.97 Å². The number of anilines is 3. The minimum Gasteiger partial charge on any atom is -0.478 e. The van der Waals surface area contributed by atoms with Gasteiger partial charge in [-0.25, -0.2) is 23.2 Å². The molecule has 0 saturated carbocycles. The molecule has 0 unspecified atom stereocenters. The summed E-state index contributed by atoms with van der Waals surface area (Å²) in [6, 6.07) is 13.9. The Balaban J connectivity index is 1.54. The van der Waals surface area contributed by atoms with E-state index in [1.165, 1.54) is 53.9 Å². The van der Waals surface area contributed by atoms with Crippen LogP contribution in [-0.2, 0) is 10.0 Å². The highest BCUT2D eigenvalue weighted by molar-refractivity contribution is 7.93. The number of carboxylic acids is 1. The number of benzene rings is 2. The highest BCUT2D eigenvalue weighted by Crippen LogP contribution is 2.30. The molecule has 8 nitrogen and oxygen atoms in total. The van der Waals surface area contributed by atoms with Gasteiger partial charge in [-0.15, -0.1) is 0 Å². The standard InChI is InChI=1S/C19H13ClN4O4S2/c20-11-3-8-15-16(10-11)29-19(23-15)24-30(27,28)13-6-4-12(5-7-13)22-17-14(18(25)26)2-1-9-21-17/h1-10H,(H,21,22)(H,23,24)(H,25,26). The van der Waals surface area contributed by atoms with Crippen LogP contribution >= 0.6 is 22.9 Å². The van der Waals surface area contributed by atoms with Crippen LogP contribution in [0.2, 0.25) is 5.02 Å². The summed E-state index contributed by atoms with van der Waals surface area (Å²) in [5.41, 5.74) is 1.14. The topological polar surface area (TPSA) is 121 Å². The molecule has 0 bridgehead atoms. The third-order valence-corrected chi connectivity index (χ3v) is 6.69. The summed E-state index contributed by atoms with van der Waals surface area (Å²) in [7, 11) is -3.85. The molecule has 2 aromatic carbocycles. The minimum atomic E-state index is -3.85. The lowest BCUT2D eigenvalue weighted by Crippen LogP contribution is -2.12. The van der Waals surface area contributed by atoms with Gasteiger partial charge < -0.3 is 10.4 Å². The first kappa shape index (κ1) is 20.1. The molecule has 3 N–H and O–H groups in total. The van der Waals surface area contributed by atoms with Gasteiger partial charge in [-0.3, -0.25) is 4.72 Å². The number of nitrogens with one attached hydrogen (secondary N) is 2. The molecule has 0 fully saturated rings. The van der Waals surface area contributed by atoms with E-state index in [0.717, 1.165) is 4.70 Å². The van der Waals surface area contributed by atoms with Gasteiger partial charge in [0.1, 0.15) is 11.4 Å². The Hall–Kier alpha value is -3.21. The van der Waals surface area contributed by atoms with Crippen molar-refractivity contribution in [3.63, 3.8) is 0 Å². The molecule has 0 aliphatic heterocycles. The number of aromatic carboxylic acids is 1. The number of halogens is 1. The van der Waals surface area contributed by atoms with E-state index in [1.54, 1.807) is 18.2 Å². The zero-order valence-electron chi connectivity index (χ0n) is 15.0. The molecule has 0 spiro atoms. The fraction of sp³-hybridized carbons (Fsp3) is 0. The number of rotatable bonds is 6. The number of hydrogen-bond donors (Lipinski definition) is 3. The van der Waals surface area contributed by atoms with Gasteiger partial charge in [-0.05, 0) is 54.6 Å². The van der Waals surface area contributed by atoms with E-state index < -0.39 is 16.0 Å². The Morgan fingerprint density at radius 2 is 1.87 bits per heavy atom. The SMILES string of the molecule is O=C(O)c1cccnc1Nc1ccc(S(=O)(=O)Nc2nc3ccc(Cl)cc3s2)cc1. The van der Waals surface area contributed by atoms with E-state index in [9.17, 15) is 18.3 Å². The maximum absolute atomic E-state index is 12.7. The van der Waals surface area contributed by atoms with Gasteiger partial charge in [0, 0.05) is 16.9 Å². The largest absolute Gasteiger partial charge is 0.478 e. The molecule has 0 atom stereocenters. The van der Waals surface area contributed by atoms with Crippen LogP contribution in [0.3, 0.4) is 0 Å². The van der Waals surface area contributed by atoms with Crippen molar-refractivity contribution in [2.75, 3.05) is 10.0 Å². The molecule has 0 aliphatic carbocycles. The van der Waals surface area contributed by atoms with Gasteiger partial charge in [0.25, 0.3) is 10.0 Å². The average molecular weight is 461 g/mol. The van der Waals surface area contributed by atoms with Gasteiger partial charge >= 0.3 is 5.97 Å². The fourth-order valence-electron chi connectivity index (χ4n) is 2.65. The number of pyridine rings is 1. The van der Waals surface area contributed by atoms with E-state index in [1.807, 2.05) is 0 Å². The highest BCUT2D eigenvalue weighted by Gasteiger charge is 2.17. The lowest BCUT2D eigenvalue weighted by Gasteiger charge is -2.09. The zero-order chi connectivity index (χ0) is 21.3. The number of hydrogen-bond acceptors (Lipinski definition) is 7. The Morgan fingerprint density at radius 1 is 1.10 bits per heavy atom. The lowest BCUT2D eigenvalue weighted by molar-refractivity contribution is 0.0697. The molecule has 4 aromatic rings. The first-order valence-electron chi connectivity index (χ1n) is 8.46. The lowest BCUT2D eigenvalue weighted by atomic mass is 10.2. The summed E-state index contributed by atoms with van der Waals surface area (Å²) < 4.78 is 28.6. The van der Waals surface area contributed by atoms with Gasteiger partial charge in [-0.1, -0.05) is 22.9 Å². The number of sulfonamides is 1. The van der Waals surface area contributed by atoms with Crippen LogP contribution in [0.1, 0.15) is 10.4 Å². The number of carbonyl (C=O) groups is 1. The van der Waals surface area contributed by atoms with Crippen LogP contribution < -0.4 is 10.0 Å². The van der Waals surface area contributed by atoms with E-state index in [2.05, 4.69) is 20.0 Å². The van der Waals surface area contributed by atoms with Gasteiger partial charge in [0.15, 0.2) is 5.13 Å². The third-order valence-electron chi connectivity index (χ3n) is 4.04. The summed E-state index contributed by atoms with van der Waals surface area (Å²) in [6.07, 6.45) is 1.46. The molecule has 30 heavy (non-hydrogen) atoms. The maximum atomic E-state index is 12.7. The summed E-state index contributed by atoms with van der Waals surface area (Å²) in [5, 5.41) is 12.9. The molecule has 11 heteroatoms. The summed E-state index contributed by atoms with van der Waals surface area (Å²) >= 11 is 7.13. The van der Waals surface area contributed by atoms with E-state index in [-0.39, 0.29) is 21.4 Å². The summed E-state index contributed by atoms with van der Waals surface area (Å²) in [4.78, 5) is 19.6. The van der Waals surface area contributed by atoms with Crippen molar-refractivity contribution in [3.8, 4) is 0 Å². The molecule has 4 rings (SSSR count). The predicted octanol–water partition coefficient (Wildman–Crippen LogP) is 4.59. The summed E-state index contributed by atoms with van der Waals surface area (Å²) in [5.74, 6) is -0.960. The van der Waals surface area contributed by atoms with Crippen molar-refractivity contribution < 1.29 is 18.3 Å². The molecule has 0 radical (unpaired) electrons. The second-order valence-electron chi connectivity index (χ2n) is 6.09. The van der Waals surface area contributed by atoms with E-state index in [4.69, 9.17) is 11.6 Å². The second-order valence-corrected chi connectivity index (χ2v) is 9.24. The number of thiazole rings is 1. The Bertz CT molecular complexity index is 1350. The molecule has 2 heterocycles. The number of nitrogens with zero attached hydrogens (tertiary/aromatic N) is 2. The first-order valence-corrected chi connectivity index (χ1v) is 11.1. The Kier molecular flexibility index (Phi) is 5.29. The zero-order valence-corrected chi connectivity index (χ0v) is 17.4. The number of fused-ring (bicyclic) bond motifs is 1. The molecule has 0 saturated heterocycles. The maximum Gasteiger partial charge on any atom is 0.339 e. The van der Waals surface area contributed by atoms with Crippen LogP contribution in [-0.4, -0.2) is 29.5 Å². The van der Waals surface area contributed by atoms with Crippen LogP contribution in [0.4, 0.5) is 16.6 Å². The van der Waals surface area contributed by atoms with E-state index in [0.29, 0.717) is 16.2 Å². The predicted molar refractivity (Wildman–Crippen MR) is 116 cm³/mol. The summed E-state index contributed by atoms with van der Waals surface area (Å²) in [6.45, 7) is 0. The fourth-order valence-corrected chi connectivity index (χ4v) is 5.02. The van der Waals surface area contributed by atoms with Gasteiger partial charge in [-0.2, -0.15) is 0 Å². The molecular weight excluding hydrogens is 448 g/mol. The van der Waals surface area contributed by atoms with Gasteiger partial charge in [0.05, 0.1) is 15.1 Å². The molecule has 0 aliphatic rings. The van der Waals surface area contributed by atoms with Crippen LogP contribution in [0.15, 0.2) is 65.7 Å². The molecule has 0 amide bonds. The Labute approximate surface area is 180 Å². The van der Waals surface area contributed by atoms with Crippen molar-refractivity contribution in [1.29, 1.82) is 0 Å². The second kappa shape index (κ2) is 7.90. The quantitative estimate of drug-likeness (QED) is 0.384. The van der Waals surface area contributed by atoms with Crippen LogP contribution in [0.25, 0.3) is 10.2 Å². The monoisotopic (exact) mass is 460 g/mol. The number of aromatic nitrogens is 2. The van der Waals surface area contributed by atoms with Crippen molar-refractivity contribution in [2.24, 2.45) is 0 Å². The van der Waals surface area contributed by atoms with Crippen LogP contribution in [0, 0.1) is 0 Å². The minimum absolute atomic E-state index is 0.00630. The smallest absolute Gasteiger partial charge is 0.339 e. The van der Waals surface area contributed by atoms with E-state index >= 15 is 0 Å². The number of carboxylic acid groups (broad SMARTS) is 1. The van der Waals surface area contributed by atoms with Gasteiger partial charge in [0.2, 0.25) is 0 Å². The average Bonchev–Trinajstić information content (AvgIpc) is 3.09. The first-order chi connectivity index (χ1) is 14.3. The molecule has 152 valence electrons.